The number of benzene rings is 1. The molecule has 7 heteroatoms. The van der Waals surface area contributed by atoms with E-state index in [1.54, 1.807) is 16.4 Å². The van der Waals surface area contributed by atoms with Crippen LogP contribution in [0.15, 0.2) is 32.0 Å². The van der Waals surface area contributed by atoms with Crippen molar-refractivity contribution in [1.29, 1.82) is 0 Å². The number of alkyl halides is 1. The summed E-state index contributed by atoms with van der Waals surface area (Å²) in [5.74, 6) is 0.408. The van der Waals surface area contributed by atoms with Crippen molar-refractivity contribution in [3.8, 4) is 0 Å². The lowest BCUT2D eigenvalue weighted by atomic mass is 10.2. The summed E-state index contributed by atoms with van der Waals surface area (Å²) in [6.07, 6.45) is 0.913. The second kappa shape index (κ2) is 5.91. The summed E-state index contributed by atoms with van der Waals surface area (Å²) in [5, 5.41) is 0.846. The smallest absolute Gasteiger partial charge is 0.207 e. The fourth-order valence-corrected chi connectivity index (χ4v) is 5.48. The van der Waals surface area contributed by atoms with Gasteiger partial charge < -0.3 is 0 Å². The number of sulfonamides is 1. The second-order valence-electron chi connectivity index (χ2n) is 4.25. The van der Waals surface area contributed by atoms with Gasteiger partial charge in [0.05, 0.1) is 4.90 Å². The number of halogens is 3. The fourth-order valence-electron chi connectivity index (χ4n) is 1.96. The summed E-state index contributed by atoms with van der Waals surface area (Å²) in [4.78, 5) is 0.326. The summed E-state index contributed by atoms with van der Waals surface area (Å²) in [6.45, 7) is 1.18. The van der Waals surface area contributed by atoms with Gasteiger partial charge in [0.15, 0.2) is 0 Å². The summed E-state index contributed by atoms with van der Waals surface area (Å²) in [6, 6.07) is 5.20. The third kappa shape index (κ3) is 3.00. The van der Waals surface area contributed by atoms with Crippen LogP contribution in [0.1, 0.15) is 6.42 Å². The summed E-state index contributed by atoms with van der Waals surface area (Å²) < 4.78 is 28.0. The molecule has 1 aromatic rings. The number of nitrogens with zero attached hydrogens (tertiary/aromatic N) is 1. The molecule has 1 aromatic carbocycles. The molecule has 0 radical (unpaired) electrons. The van der Waals surface area contributed by atoms with Gasteiger partial charge in [0.1, 0.15) is 0 Å². The van der Waals surface area contributed by atoms with Crippen LogP contribution in [0, 0.1) is 5.92 Å². The lowest BCUT2D eigenvalue weighted by Crippen LogP contribution is -2.29. The maximum Gasteiger partial charge on any atom is 0.244 e. The Bertz CT molecular complexity index is 547. The first-order valence-electron chi connectivity index (χ1n) is 5.46. The third-order valence-corrected chi connectivity index (χ3v) is 7.25. The molecule has 3 nitrogen and oxygen atoms in total. The number of hydrogen-bond acceptors (Lipinski definition) is 2. The van der Waals surface area contributed by atoms with Gasteiger partial charge in [-0.05, 0) is 46.5 Å². The standard InChI is InChI=1S/C11H12Br3NO2S/c12-6-8-3-4-15(7-8)18(16,17)11-5-9(13)1-2-10(11)14/h1-2,5,8H,3-4,6-7H2. The van der Waals surface area contributed by atoms with Crippen molar-refractivity contribution >= 4 is 57.8 Å². The molecule has 100 valence electrons. The monoisotopic (exact) mass is 459 g/mol. The summed E-state index contributed by atoms with van der Waals surface area (Å²) in [7, 11) is -3.40. The molecule has 1 saturated heterocycles. The number of rotatable bonds is 3. The average Bonchev–Trinajstić information content (AvgIpc) is 2.81. The van der Waals surface area contributed by atoms with Crippen molar-refractivity contribution in [3.05, 3.63) is 27.1 Å². The highest BCUT2D eigenvalue weighted by atomic mass is 79.9. The molecule has 1 heterocycles. The van der Waals surface area contributed by atoms with Crippen LogP contribution in [-0.2, 0) is 10.0 Å². The van der Waals surface area contributed by atoms with Crippen LogP contribution in [0.5, 0.6) is 0 Å². The van der Waals surface area contributed by atoms with E-state index in [0.717, 1.165) is 16.2 Å². The predicted molar refractivity (Wildman–Crippen MR) is 82.5 cm³/mol. The zero-order valence-corrected chi connectivity index (χ0v) is 15.0. The van der Waals surface area contributed by atoms with Crippen LogP contribution in [0.3, 0.4) is 0 Å². The Morgan fingerprint density at radius 1 is 1.33 bits per heavy atom. The van der Waals surface area contributed by atoms with E-state index < -0.39 is 10.0 Å². The lowest BCUT2D eigenvalue weighted by Gasteiger charge is -2.17. The average molecular weight is 462 g/mol. The normalized spacial score (nSPS) is 21.4. The highest BCUT2D eigenvalue weighted by Gasteiger charge is 2.33. The predicted octanol–water partition coefficient (Wildman–Crippen LogP) is 3.62. The molecule has 0 N–H and O–H groups in total. The fraction of sp³-hybridized carbons (Fsp3) is 0.455. The third-order valence-electron chi connectivity index (χ3n) is 2.98. The first-order valence-corrected chi connectivity index (χ1v) is 9.61. The highest BCUT2D eigenvalue weighted by molar-refractivity contribution is 9.11. The van der Waals surface area contributed by atoms with Gasteiger partial charge in [-0.15, -0.1) is 0 Å². The van der Waals surface area contributed by atoms with E-state index in [9.17, 15) is 8.42 Å². The second-order valence-corrected chi connectivity index (χ2v) is 8.57. The van der Waals surface area contributed by atoms with Crippen LogP contribution in [0.25, 0.3) is 0 Å². The minimum atomic E-state index is -3.40. The van der Waals surface area contributed by atoms with Crippen LogP contribution in [0.4, 0.5) is 0 Å². The molecule has 18 heavy (non-hydrogen) atoms. The Morgan fingerprint density at radius 2 is 2.06 bits per heavy atom. The van der Waals surface area contributed by atoms with Gasteiger partial charge in [0, 0.05) is 27.4 Å². The highest BCUT2D eigenvalue weighted by Crippen LogP contribution is 2.31. The Morgan fingerprint density at radius 3 is 2.67 bits per heavy atom. The molecular weight excluding hydrogens is 450 g/mol. The molecule has 1 unspecified atom stereocenters. The van der Waals surface area contributed by atoms with Gasteiger partial charge in [-0.3, -0.25) is 0 Å². The molecule has 1 fully saturated rings. The van der Waals surface area contributed by atoms with Gasteiger partial charge in [-0.25, -0.2) is 8.42 Å². The lowest BCUT2D eigenvalue weighted by molar-refractivity contribution is 0.465. The van der Waals surface area contributed by atoms with E-state index in [1.165, 1.54) is 0 Å². The molecule has 0 saturated carbocycles. The molecule has 0 aliphatic carbocycles. The molecule has 1 atom stereocenters. The Balaban J connectivity index is 2.34. The molecule has 0 aromatic heterocycles. The molecule has 1 aliphatic heterocycles. The van der Waals surface area contributed by atoms with Gasteiger partial charge in [-0.1, -0.05) is 31.9 Å². The maximum atomic E-state index is 12.5. The Hall–Kier alpha value is 0.570. The number of hydrogen-bond donors (Lipinski definition) is 0. The maximum absolute atomic E-state index is 12.5. The zero-order valence-electron chi connectivity index (χ0n) is 9.44. The topological polar surface area (TPSA) is 37.4 Å². The van der Waals surface area contributed by atoms with Gasteiger partial charge in [-0.2, -0.15) is 4.31 Å². The van der Waals surface area contributed by atoms with E-state index in [0.29, 0.717) is 28.4 Å². The molecule has 0 spiro atoms. The minimum Gasteiger partial charge on any atom is -0.207 e. The molecule has 1 aliphatic rings. The van der Waals surface area contributed by atoms with Crippen molar-refractivity contribution in [3.63, 3.8) is 0 Å². The first kappa shape index (κ1) is 15.0. The van der Waals surface area contributed by atoms with Crippen molar-refractivity contribution in [2.75, 3.05) is 18.4 Å². The van der Waals surface area contributed by atoms with Crippen LogP contribution < -0.4 is 0 Å². The Kier molecular flexibility index (Phi) is 4.91. The van der Waals surface area contributed by atoms with Crippen molar-refractivity contribution in [1.82, 2.24) is 4.31 Å². The zero-order chi connectivity index (χ0) is 13.3. The van der Waals surface area contributed by atoms with E-state index in [4.69, 9.17) is 0 Å². The van der Waals surface area contributed by atoms with Gasteiger partial charge >= 0.3 is 0 Å². The van der Waals surface area contributed by atoms with Gasteiger partial charge in [0.25, 0.3) is 0 Å². The van der Waals surface area contributed by atoms with Crippen molar-refractivity contribution in [2.45, 2.75) is 11.3 Å². The van der Waals surface area contributed by atoms with Crippen molar-refractivity contribution in [2.24, 2.45) is 5.92 Å². The summed E-state index contributed by atoms with van der Waals surface area (Å²) in [5.41, 5.74) is 0. The van der Waals surface area contributed by atoms with E-state index in [2.05, 4.69) is 47.8 Å². The van der Waals surface area contributed by atoms with E-state index in [1.807, 2.05) is 6.07 Å². The largest absolute Gasteiger partial charge is 0.244 e. The van der Waals surface area contributed by atoms with Crippen molar-refractivity contribution < 1.29 is 8.42 Å². The van der Waals surface area contributed by atoms with E-state index in [-0.39, 0.29) is 0 Å². The molecule has 2 rings (SSSR count). The Labute approximate surface area is 132 Å². The SMILES string of the molecule is O=S(=O)(c1cc(Br)ccc1Br)N1CCC(CBr)C1. The first-order chi connectivity index (χ1) is 8.45. The van der Waals surface area contributed by atoms with Crippen LogP contribution in [-0.4, -0.2) is 31.1 Å². The minimum absolute atomic E-state index is 0.326. The molecule has 0 bridgehead atoms. The van der Waals surface area contributed by atoms with Gasteiger partial charge in [0.2, 0.25) is 10.0 Å². The molecule has 0 amide bonds. The van der Waals surface area contributed by atoms with E-state index >= 15 is 0 Å². The van der Waals surface area contributed by atoms with Crippen LogP contribution >= 0.6 is 47.8 Å². The van der Waals surface area contributed by atoms with Crippen LogP contribution in [0.2, 0.25) is 0 Å². The summed E-state index contributed by atoms with van der Waals surface area (Å²) >= 11 is 10.0. The quantitative estimate of drug-likeness (QED) is 0.645. The molecular formula is C11H12Br3NO2S.